The van der Waals surface area contributed by atoms with E-state index in [1.54, 1.807) is 0 Å². The average Bonchev–Trinajstić information content (AvgIpc) is 3.18. The van der Waals surface area contributed by atoms with Gasteiger partial charge in [-0.3, -0.25) is 20.2 Å². The van der Waals surface area contributed by atoms with Crippen molar-refractivity contribution in [2.24, 2.45) is 0 Å². The molecule has 4 nitrogen and oxygen atoms in total. The van der Waals surface area contributed by atoms with Gasteiger partial charge in [0.2, 0.25) is 5.91 Å². The van der Waals surface area contributed by atoms with Crippen LogP contribution in [0.25, 0.3) is 10.8 Å². The van der Waals surface area contributed by atoms with Gasteiger partial charge in [0.1, 0.15) is 0 Å². The first kappa shape index (κ1) is 22.4. The van der Waals surface area contributed by atoms with E-state index in [0.717, 1.165) is 22.9 Å². The number of hydrogen-bond acceptors (Lipinski definition) is 4. The number of carbonyl (C=O) groups excluding carboxylic acids is 2. The molecule has 34 heavy (non-hydrogen) atoms. The number of imide groups is 1. The van der Waals surface area contributed by atoms with E-state index in [-0.39, 0.29) is 28.5 Å². The Morgan fingerprint density at radius 1 is 0.853 bits per heavy atom. The van der Waals surface area contributed by atoms with Crippen LogP contribution in [-0.4, -0.2) is 16.4 Å². The SMILES string of the molecule is C[C@H](NC(c1ccccc1)c1cccc(CC2SC(=O)NC2=O)c1)c1cccc2ccccc12. The molecule has 4 aromatic rings. The minimum absolute atomic E-state index is 0.0261. The number of fused-ring (bicyclic) bond motifs is 1. The Morgan fingerprint density at radius 3 is 2.35 bits per heavy atom. The van der Waals surface area contributed by atoms with Crippen molar-refractivity contribution in [2.75, 3.05) is 0 Å². The quantitative estimate of drug-likeness (QED) is 0.342. The maximum atomic E-state index is 12.1. The molecular weight excluding hydrogens is 440 g/mol. The number of amides is 2. The number of thioether (sulfide) groups is 1. The fourth-order valence-electron chi connectivity index (χ4n) is 4.64. The zero-order chi connectivity index (χ0) is 23.5. The molecule has 5 heteroatoms. The van der Waals surface area contributed by atoms with Crippen LogP contribution >= 0.6 is 11.8 Å². The topological polar surface area (TPSA) is 58.2 Å². The molecule has 0 bridgehead atoms. The first-order chi connectivity index (χ1) is 16.6. The second kappa shape index (κ2) is 9.84. The summed E-state index contributed by atoms with van der Waals surface area (Å²) in [5.74, 6) is -0.206. The third kappa shape index (κ3) is 4.76. The minimum Gasteiger partial charge on any atom is -0.300 e. The van der Waals surface area contributed by atoms with E-state index in [1.807, 2.05) is 18.2 Å². The van der Waals surface area contributed by atoms with Gasteiger partial charge in [0.15, 0.2) is 0 Å². The van der Waals surface area contributed by atoms with Crippen LogP contribution in [0.15, 0.2) is 97.1 Å². The molecule has 0 saturated carbocycles. The third-order valence-electron chi connectivity index (χ3n) is 6.31. The van der Waals surface area contributed by atoms with Gasteiger partial charge in [-0.1, -0.05) is 109 Å². The van der Waals surface area contributed by atoms with Crippen LogP contribution in [0.1, 0.15) is 41.3 Å². The highest BCUT2D eigenvalue weighted by Crippen LogP contribution is 2.31. The highest BCUT2D eigenvalue weighted by molar-refractivity contribution is 8.15. The summed E-state index contributed by atoms with van der Waals surface area (Å²) < 4.78 is 0. The molecule has 1 aliphatic heterocycles. The van der Waals surface area contributed by atoms with Gasteiger partial charge in [-0.15, -0.1) is 0 Å². The number of benzene rings is 4. The molecule has 2 amide bonds. The molecular formula is C29H26N2O2S. The number of hydrogen-bond donors (Lipinski definition) is 2. The second-order valence-electron chi connectivity index (χ2n) is 8.63. The van der Waals surface area contributed by atoms with E-state index in [0.29, 0.717) is 6.42 Å². The van der Waals surface area contributed by atoms with Crippen LogP contribution in [0.2, 0.25) is 0 Å². The summed E-state index contributed by atoms with van der Waals surface area (Å²) in [5.41, 5.74) is 4.61. The third-order valence-corrected chi connectivity index (χ3v) is 7.29. The molecule has 1 aliphatic rings. The monoisotopic (exact) mass is 466 g/mol. The maximum absolute atomic E-state index is 12.1. The van der Waals surface area contributed by atoms with Crippen molar-refractivity contribution in [3.63, 3.8) is 0 Å². The lowest BCUT2D eigenvalue weighted by atomic mass is 9.93. The van der Waals surface area contributed by atoms with Crippen LogP contribution in [0.4, 0.5) is 4.79 Å². The smallest absolute Gasteiger partial charge is 0.286 e. The molecule has 0 aromatic heterocycles. The summed E-state index contributed by atoms with van der Waals surface area (Å²) in [7, 11) is 0. The Labute approximate surface area is 203 Å². The van der Waals surface area contributed by atoms with Gasteiger partial charge in [-0.2, -0.15) is 0 Å². The van der Waals surface area contributed by atoms with Crippen molar-refractivity contribution in [2.45, 2.75) is 30.7 Å². The van der Waals surface area contributed by atoms with Crippen LogP contribution in [0.5, 0.6) is 0 Å². The lowest BCUT2D eigenvalue weighted by Gasteiger charge is -2.26. The summed E-state index contributed by atoms with van der Waals surface area (Å²) >= 11 is 1.07. The van der Waals surface area contributed by atoms with Crippen LogP contribution < -0.4 is 10.6 Å². The molecule has 5 rings (SSSR count). The largest absolute Gasteiger partial charge is 0.300 e. The van der Waals surface area contributed by atoms with E-state index in [4.69, 9.17) is 0 Å². The Hall–Kier alpha value is -3.41. The van der Waals surface area contributed by atoms with E-state index >= 15 is 0 Å². The molecule has 0 aliphatic carbocycles. The zero-order valence-corrected chi connectivity index (χ0v) is 19.7. The molecule has 1 heterocycles. The standard InChI is InChI=1S/C29H26N2O2S/c1-19(24-16-8-13-21-10-5-6-15-25(21)24)30-27(22-11-3-2-4-12-22)23-14-7-9-20(17-23)18-26-28(32)31-29(33)34-26/h2-17,19,26-27,30H,18H2,1H3,(H,31,32,33)/t19-,26?,27?/m0/s1. The Kier molecular flexibility index (Phi) is 6.48. The summed E-state index contributed by atoms with van der Waals surface area (Å²) in [6.07, 6.45) is 0.524. The van der Waals surface area contributed by atoms with E-state index < -0.39 is 0 Å². The molecule has 1 fully saturated rings. The fraction of sp³-hybridized carbons (Fsp3) is 0.172. The summed E-state index contributed by atoms with van der Waals surface area (Å²) in [6.45, 7) is 2.20. The van der Waals surface area contributed by atoms with E-state index in [1.165, 1.54) is 21.9 Å². The van der Waals surface area contributed by atoms with Gasteiger partial charge < -0.3 is 0 Å². The molecule has 0 spiro atoms. The molecule has 3 atom stereocenters. The lowest BCUT2D eigenvalue weighted by Crippen LogP contribution is -2.26. The van der Waals surface area contributed by atoms with Crippen molar-refractivity contribution in [1.29, 1.82) is 0 Å². The average molecular weight is 467 g/mol. The van der Waals surface area contributed by atoms with Gasteiger partial charge in [0.25, 0.3) is 5.24 Å². The molecule has 0 radical (unpaired) electrons. The number of carbonyl (C=O) groups is 2. The lowest BCUT2D eigenvalue weighted by molar-refractivity contribution is -0.118. The number of rotatable bonds is 7. The van der Waals surface area contributed by atoms with Crippen molar-refractivity contribution < 1.29 is 9.59 Å². The van der Waals surface area contributed by atoms with Crippen LogP contribution in [-0.2, 0) is 11.2 Å². The molecule has 1 saturated heterocycles. The maximum Gasteiger partial charge on any atom is 0.286 e. The fourth-order valence-corrected chi connectivity index (χ4v) is 5.50. The molecule has 2 N–H and O–H groups in total. The summed E-state index contributed by atoms with van der Waals surface area (Å²) in [5, 5.41) is 8.08. The van der Waals surface area contributed by atoms with Gasteiger partial charge in [-0.25, -0.2) is 0 Å². The Morgan fingerprint density at radius 2 is 1.56 bits per heavy atom. The van der Waals surface area contributed by atoms with Gasteiger partial charge in [0.05, 0.1) is 11.3 Å². The predicted molar refractivity (Wildman–Crippen MR) is 139 cm³/mol. The molecule has 4 aromatic carbocycles. The van der Waals surface area contributed by atoms with Crippen molar-refractivity contribution >= 4 is 33.7 Å². The Bertz CT molecular complexity index is 1330. The first-order valence-electron chi connectivity index (χ1n) is 11.5. The highest BCUT2D eigenvalue weighted by atomic mass is 32.2. The number of nitrogens with one attached hydrogen (secondary N) is 2. The normalized spacial score (nSPS) is 17.5. The summed E-state index contributed by atoms with van der Waals surface area (Å²) in [4.78, 5) is 23.7. The summed E-state index contributed by atoms with van der Waals surface area (Å²) in [6, 6.07) is 33.7. The zero-order valence-electron chi connectivity index (χ0n) is 18.9. The first-order valence-corrected chi connectivity index (χ1v) is 12.4. The van der Waals surface area contributed by atoms with Crippen molar-refractivity contribution in [3.8, 4) is 0 Å². The van der Waals surface area contributed by atoms with Gasteiger partial charge >= 0.3 is 0 Å². The van der Waals surface area contributed by atoms with Crippen molar-refractivity contribution in [1.82, 2.24) is 10.6 Å². The Balaban J connectivity index is 1.46. The van der Waals surface area contributed by atoms with Crippen LogP contribution in [0.3, 0.4) is 0 Å². The van der Waals surface area contributed by atoms with Gasteiger partial charge in [-0.05, 0) is 46.4 Å². The van der Waals surface area contributed by atoms with Crippen LogP contribution in [0, 0.1) is 0 Å². The predicted octanol–water partition coefficient (Wildman–Crippen LogP) is 6.17. The molecule has 2 unspecified atom stereocenters. The van der Waals surface area contributed by atoms with Crippen molar-refractivity contribution in [3.05, 3.63) is 119 Å². The highest BCUT2D eigenvalue weighted by Gasteiger charge is 2.31. The second-order valence-corrected chi connectivity index (χ2v) is 9.81. The molecule has 170 valence electrons. The van der Waals surface area contributed by atoms with Gasteiger partial charge in [0, 0.05) is 6.04 Å². The van der Waals surface area contributed by atoms with E-state index in [2.05, 4.69) is 96.4 Å². The minimum atomic E-state index is -0.375. The van der Waals surface area contributed by atoms with E-state index in [9.17, 15) is 9.59 Å².